The van der Waals surface area contributed by atoms with Crippen LogP contribution in [0.3, 0.4) is 0 Å². The van der Waals surface area contributed by atoms with Crippen LogP contribution in [-0.2, 0) is 4.74 Å². The summed E-state index contributed by atoms with van der Waals surface area (Å²) in [5.74, 6) is 0.0250. The zero-order valence-electron chi connectivity index (χ0n) is 13.1. The lowest BCUT2D eigenvalue weighted by molar-refractivity contribution is 0.0249. The molecule has 116 valence electrons. The number of carbonyl (C=O) groups is 1. The Morgan fingerprint density at radius 2 is 1.90 bits per heavy atom. The largest absolute Gasteiger partial charge is 0.444 e. The molecule has 0 aliphatic carbocycles. The maximum Gasteiger partial charge on any atom is 0.410 e. The van der Waals surface area contributed by atoms with E-state index in [1.165, 1.54) is 12.1 Å². The second-order valence-corrected chi connectivity index (χ2v) is 6.67. The van der Waals surface area contributed by atoms with Crippen molar-refractivity contribution in [1.82, 2.24) is 4.90 Å². The number of carbonyl (C=O) groups excluding carboxylic acids is 1. The van der Waals surface area contributed by atoms with Crippen LogP contribution in [0.1, 0.15) is 51.5 Å². The number of likely N-dealkylation sites (tertiary alicyclic amines) is 1. The molecule has 0 bridgehead atoms. The smallest absolute Gasteiger partial charge is 0.410 e. The van der Waals surface area contributed by atoms with Crippen LogP contribution in [0.15, 0.2) is 24.3 Å². The first kappa shape index (κ1) is 15.8. The fraction of sp³-hybridized carbons (Fsp3) is 0.588. The zero-order valence-corrected chi connectivity index (χ0v) is 13.1. The number of ether oxygens (including phenoxy) is 1. The standard InChI is InChI=1S/C17H24FNO2/c1-17(2,3)21-16(20)19-11-5-4-6-14(12-19)13-7-9-15(18)10-8-13/h7-10,14H,4-6,11-12H2,1-3H3. The second-order valence-electron chi connectivity index (χ2n) is 6.67. The van der Waals surface area contributed by atoms with Crippen LogP contribution in [0.4, 0.5) is 9.18 Å². The molecule has 1 atom stereocenters. The minimum absolute atomic E-state index is 0.226. The molecule has 0 spiro atoms. The van der Waals surface area contributed by atoms with E-state index in [1.807, 2.05) is 32.9 Å². The molecule has 4 heteroatoms. The first-order valence-corrected chi connectivity index (χ1v) is 7.58. The van der Waals surface area contributed by atoms with Crippen LogP contribution in [0.2, 0.25) is 0 Å². The fourth-order valence-corrected chi connectivity index (χ4v) is 2.64. The first-order chi connectivity index (χ1) is 9.85. The van der Waals surface area contributed by atoms with E-state index in [4.69, 9.17) is 4.74 Å². The molecule has 1 aliphatic rings. The first-order valence-electron chi connectivity index (χ1n) is 7.58. The van der Waals surface area contributed by atoms with Crippen LogP contribution in [0.5, 0.6) is 0 Å². The number of rotatable bonds is 1. The van der Waals surface area contributed by atoms with E-state index in [-0.39, 0.29) is 17.8 Å². The molecule has 1 saturated heterocycles. The maximum atomic E-state index is 13.0. The molecule has 1 aliphatic heterocycles. The van der Waals surface area contributed by atoms with Crippen LogP contribution < -0.4 is 0 Å². The number of halogens is 1. The molecular formula is C17H24FNO2. The lowest BCUT2D eigenvalue weighted by atomic mass is 9.94. The lowest BCUT2D eigenvalue weighted by Gasteiger charge is -2.28. The summed E-state index contributed by atoms with van der Waals surface area (Å²) in [6.45, 7) is 6.99. The Labute approximate surface area is 126 Å². The molecule has 21 heavy (non-hydrogen) atoms. The summed E-state index contributed by atoms with van der Waals surface area (Å²) in [5.41, 5.74) is 0.612. The quantitative estimate of drug-likeness (QED) is 0.771. The van der Waals surface area contributed by atoms with Crippen molar-refractivity contribution in [2.45, 2.75) is 51.6 Å². The van der Waals surface area contributed by atoms with Gasteiger partial charge in [0.05, 0.1) is 0 Å². The van der Waals surface area contributed by atoms with Crippen molar-refractivity contribution >= 4 is 6.09 Å². The Morgan fingerprint density at radius 3 is 2.52 bits per heavy atom. The van der Waals surface area contributed by atoms with Crippen molar-refractivity contribution in [2.75, 3.05) is 13.1 Å². The SMILES string of the molecule is CC(C)(C)OC(=O)N1CCCCC(c2ccc(F)cc2)C1. The van der Waals surface area contributed by atoms with Gasteiger partial charge in [0.2, 0.25) is 0 Å². The summed E-state index contributed by atoms with van der Waals surface area (Å²) in [5, 5.41) is 0. The number of hydrogen-bond donors (Lipinski definition) is 0. The third-order valence-corrected chi connectivity index (χ3v) is 3.66. The molecule has 1 aromatic carbocycles. The highest BCUT2D eigenvalue weighted by Crippen LogP contribution is 2.27. The van der Waals surface area contributed by atoms with Crippen LogP contribution in [-0.4, -0.2) is 29.7 Å². The van der Waals surface area contributed by atoms with Gasteiger partial charge in [-0.1, -0.05) is 18.6 Å². The van der Waals surface area contributed by atoms with Crippen molar-refractivity contribution in [2.24, 2.45) is 0 Å². The highest BCUT2D eigenvalue weighted by molar-refractivity contribution is 5.68. The molecule has 3 nitrogen and oxygen atoms in total. The minimum Gasteiger partial charge on any atom is -0.444 e. The van der Waals surface area contributed by atoms with E-state index in [2.05, 4.69) is 0 Å². The number of amides is 1. The second kappa shape index (κ2) is 6.46. The van der Waals surface area contributed by atoms with Crippen LogP contribution in [0.25, 0.3) is 0 Å². The van der Waals surface area contributed by atoms with Gasteiger partial charge in [-0.25, -0.2) is 9.18 Å². The monoisotopic (exact) mass is 293 g/mol. The van der Waals surface area contributed by atoms with E-state index in [9.17, 15) is 9.18 Å². The predicted octanol–water partition coefficient (Wildman–Crippen LogP) is 4.33. The minimum atomic E-state index is -0.477. The van der Waals surface area contributed by atoms with Crippen molar-refractivity contribution in [1.29, 1.82) is 0 Å². The normalized spacial score (nSPS) is 20.0. The summed E-state index contributed by atoms with van der Waals surface area (Å²) in [6, 6.07) is 6.60. The average Bonchev–Trinajstić information content (AvgIpc) is 2.63. The van der Waals surface area contributed by atoms with E-state index in [0.717, 1.165) is 31.4 Å². The van der Waals surface area contributed by atoms with Gasteiger partial charge in [-0.15, -0.1) is 0 Å². The molecule has 1 aromatic rings. The number of benzene rings is 1. The van der Waals surface area contributed by atoms with E-state index in [0.29, 0.717) is 6.54 Å². The van der Waals surface area contributed by atoms with Crippen molar-refractivity contribution < 1.29 is 13.9 Å². The van der Waals surface area contributed by atoms with Crippen LogP contribution >= 0.6 is 0 Å². The molecule has 0 aromatic heterocycles. The van der Waals surface area contributed by atoms with Crippen molar-refractivity contribution in [3.8, 4) is 0 Å². The number of nitrogens with zero attached hydrogens (tertiary/aromatic N) is 1. The van der Waals surface area contributed by atoms with E-state index < -0.39 is 5.60 Å². The van der Waals surface area contributed by atoms with Crippen molar-refractivity contribution in [3.05, 3.63) is 35.6 Å². The van der Waals surface area contributed by atoms with Gasteiger partial charge < -0.3 is 9.64 Å². The third kappa shape index (κ3) is 4.73. The highest BCUT2D eigenvalue weighted by atomic mass is 19.1. The van der Waals surface area contributed by atoms with Crippen LogP contribution in [0, 0.1) is 5.82 Å². The Balaban J connectivity index is 2.07. The highest BCUT2D eigenvalue weighted by Gasteiger charge is 2.26. The molecule has 1 heterocycles. The molecule has 0 N–H and O–H groups in total. The van der Waals surface area contributed by atoms with Gasteiger partial charge in [-0.05, 0) is 51.3 Å². The molecule has 2 rings (SSSR count). The Bertz CT molecular complexity index is 479. The van der Waals surface area contributed by atoms with E-state index in [1.54, 1.807) is 4.90 Å². The fourth-order valence-electron chi connectivity index (χ4n) is 2.64. The molecule has 1 unspecified atom stereocenters. The predicted molar refractivity (Wildman–Crippen MR) is 80.8 cm³/mol. The van der Waals surface area contributed by atoms with Gasteiger partial charge in [-0.3, -0.25) is 0 Å². The summed E-state index contributed by atoms with van der Waals surface area (Å²) >= 11 is 0. The summed E-state index contributed by atoms with van der Waals surface area (Å²) < 4.78 is 18.5. The average molecular weight is 293 g/mol. The molecular weight excluding hydrogens is 269 g/mol. The van der Waals surface area contributed by atoms with Gasteiger partial charge in [0, 0.05) is 19.0 Å². The zero-order chi connectivity index (χ0) is 15.5. The Hall–Kier alpha value is -1.58. The maximum absolute atomic E-state index is 13.0. The third-order valence-electron chi connectivity index (χ3n) is 3.66. The number of hydrogen-bond acceptors (Lipinski definition) is 2. The van der Waals surface area contributed by atoms with Gasteiger partial charge in [0.15, 0.2) is 0 Å². The summed E-state index contributed by atoms with van der Waals surface area (Å²) in [4.78, 5) is 14.0. The Kier molecular flexibility index (Phi) is 4.86. The molecule has 0 saturated carbocycles. The Morgan fingerprint density at radius 1 is 1.24 bits per heavy atom. The lowest BCUT2D eigenvalue weighted by Crippen LogP contribution is -2.38. The van der Waals surface area contributed by atoms with Gasteiger partial charge in [0.25, 0.3) is 0 Å². The molecule has 1 fully saturated rings. The topological polar surface area (TPSA) is 29.5 Å². The summed E-state index contributed by atoms with van der Waals surface area (Å²) in [6.07, 6.45) is 2.82. The summed E-state index contributed by atoms with van der Waals surface area (Å²) in [7, 11) is 0. The van der Waals surface area contributed by atoms with Crippen molar-refractivity contribution in [3.63, 3.8) is 0 Å². The molecule has 1 amide bonds. The van der Waals surface area contributed by atoms with Gasteiger partial charge in [-0.2, -0.15) is 0 Å². The van der Waals surface area contributed by atoms with Gasteiger partial charge in [0.1, 0.15) is 11.4 Å². The van der Waals surface area contributed by atoms with Gasteiger partial charge >= 0.3 is 6.09 Å². The van der Waals surface area contributed by atoms with E-state index >= 15 is 0 Å². The molecule has 0 radical (unpaired) electrons.